The van der Waals surface area contributed by atoms with Gasteiger partial charge in [-0.2, -0.15) is 0 Å². The molecule has 100 valence electrons. The van der Waals surface area contributed by atoms with Crippen LogP contribution in [0.3, 0.4) is 0 Å². The van der Waals surface area contributed by atoms with Crippen LogP contribution in [0.1, 0.15) is 50.5 Å². The lowest BCUT2D eigenvalue weighted by Gasteiger charge is -2.13. The van der Waals surface area contributed by atoms with Crippen LogP contribution >= 0.6 is 0 Å². The van der Waals surface area contributed by atoms with Crippen molar-refractivity contribution in [1.29, 1.82) is 0 Å². The first kappa shape index (κ1) is 13.7. The predicted octanol–water partition coefficient (Wildman–Crippen LogP) is 3.97. The van der Waals surface area contributed by atoms with Gasteiger partial charge in [-0.25, -0.2) is 0 Å². The van der Waals surface area contributed by atoms with Gasteiger partial charge in [0.25, 0.3) is 0 Å². The van der Waals surface area contributed by atoms with E-state index in [1.165, 1.54) is 38.5 Å². The third-order valence-corrected chi connectivity index (χ3v) is 3.76. The van der Waals surface area contributed by atoms with E-state index < -0.39 is 0 Å². The number of terminal acetylenes is 1. The fourth-order valence-electron chi connectivity index (χ4n) is 2.73. The van der Waals surface area contributed by atoms with Gasteiger partial charge in [-0.15, -0.1) is 6.42 Å². The molecule has 1 aromatic carbocycles. The van der Waals surface area contributed by atoms with E-state index in [-0.39, 0.29) is 5.91 Å². The first-order valence-corrected chi connectivity index (χ1v) is 7.14. The fourth-order valence-corrected chi connectivity index (χ4v) is 2.73. The molecule has 2 heteroatoms. The molecule has 0 spiro atoms. The van der Waals surface area contributed by atoms with E-state index in [0.717, 1.165) is 11.3 Å². The highest BCUT2D eigenvalue weighted by molar-refractivity contribution is 5.91. The summed E-state index contributed by atoms with van der Waals surface area (Å²) in [6.07, 6.45) is 13.6. The zero-order valence-electron chi connectivity index (χ0n) is 11.3. The maximum atomic E-state index is 12.0. The van der Waals surface area contributed by atoms with Gasteiger partial charge >= 0.3 is 0 Å². The summed E-state index contributed by atoms with van der Waals surface area (Å²) in [4.78, 5) is 12.0. The Hall–Kier alpha value is -1.75. The number of carbonyl (C=O) groups excluding carboxylic acids is 1. The first-order chi connectivity index (χ1) is 9.28. The lowest BCUT2D eigenvalue weighted by Crippen LogP contribution is -2.16. The molecule has 19 heavy (non-hydrogen) atoms. The molecule has 0 unspecified atom stereocenters. The van der Waals surface area contributed by atoms with Crippen LogP contribution in [-0.4, -0.2) is 5.91 Å². The molecular formula is C17H21NO. The second kappa shape index (κ2) is 6.99. The molecule has 2 nitrogen and oxygen atoms in total. The van der Waals surface area contributed by atoms with Crippen molar-refractivity contribution in [2.45, 2.75) is 44.9 Å². The number of benzene rings is 1. The molecule has 1 saturated carbocycles. The minimum absolute atomic E-state index is 0.112. The molecule has 0 radical (unpaired) electrons. The van der Waals surface area contributed by atoms with Gasteiger partial charge in [0.2, 0.25) is 5.91 Å². The molecule has 1 aliphatic carbocycles. The number of amides is 1. The van der Waals surface area contributed by atoms with Gasteiger partial charge in [0.1, 0.15) is 0 Å². The Morgan fingerprint density at radius 3 is 2.68 bits per heavy atom. The second-order valence-electron chi connectivity index (χ2n) is 5.34. The topological polar surface area (TPSA) is 29.1 Å². The second-order valence-corrected chi connectivity index (χ2v) is 5.34. The molecule has 1 aromatic rings. The maximum absolute atomic E-state index is 12.0. The molecule has 0 aromatic heterocycles. The van der Waals surface area contributed by atoms with Gasteiger partial charge in [-0.05, 0) is 37.0 Å². The highest BCUT2D eigenvalue weighted by Gasteiger charge is 2.16. The minimum Gasteiger partial charge on any atom is -0.326 e. The van der Waals surface area contributed by atoms with Crippen molar-refractivity contribution in [2.75, 3.05) is 5.32 Å². The first-order valence-electron chi connectivity index (χ1n) is 7.14. The highest BCUT2D eigenvalue weighted by atomic mass is 16.1. The van der Waals surface area contributed by atoms with Gasteiger partial charge < -0.3 is 5.32 Å². The minimum atomic E-state index is 0.112. The number of nitrogens with one attached hydrogen (secondary N) is 1. The van der Waals surface area contributed by atoms with Gasteiger partial charge in [-0.1, -0.05) is 37.7 Å². The van der Waals surface area contributed by atoms with Crippen molar-refractivity contribution in [3.63, 3.8) is 0 Å². The van der Waals surface area contributed by atoms with Crippen LogP contribution in [0, 0.1) is 18.3 Å². The van der Waals surface area contributed by atoms with Gasteiger partial charge in [0, 0.05) is 17.7 Å². The van der Waals surface area contributed by atoms with E-state index in [9.17, 15) is 4.79 Å². The summed E-state index contributed by atoms with van der Waals surface area (Å²) in [5.74, 6) is 3.25. The Balaban J connectivity index is 1.88. The summed E-state index contributed by atoms with van der Waals surface area (Å²) in [5, 5.41) is 2.95. The Morgan fingerprint density at radius 1 is 1.26 bits per heavy atom. The van der Waals surface area contributed by atoms with Crippen LogP contribution in [0.25, 0.3) is 0 Å². The van der Waals surface area contributed by atoms with E-state index >= 15 is 0 Å². The van der Waals surface area contributed by atoms with Crippen LogP contribution in [0.5, 0.6) is 0 Å². The van der Waals surface area contributed by atoms with Crippen LogP contribution in [-0.2, 0) is 4.79 Å². The number of anilines is 1. The Kier molecular flexibility index (Phi) is 5.03. The molecule has 0 saturated heterocycles. The average Bonchev–Trinajstić information content (AvgIpc) is 2.67. The number of hydrogen-bond donors (Lipinski definition) is 1. The Bertz CT molecular complexity index is 464. The normalized spacial score (nSPS) is 16.4. The van der Waals surface area contributed by atoms with Crippen molar-refractivity contribution < 1.29 is 4.79 Å². The van der Waals surface area contributed by atoms with Crippen molar-refractivity contribution in [1.82, 2.24) is 0 Å². The lowest BCUT2D eigenvalue weighted by atomic mass is 9.96. The van der Waals surface area contributed by atoms with E-state index in [1.807, 2.05) is 24.3 Å². The van der Waals surface area contributed by atoms with Crippen LogP contribution in [0.15, 0.2) is 24.3 Å². The van der Waals surface area contributed by atoms with Crippen molar-refractivity contribution in [2.24, 2.45) is 5.92 Å². The van der Waals surface area contributed by atoms with E-state index in [0.29, 0.717) is 12.3 Å². The van der Waals surface area contributed by atoms with E-state index in [2.05, 4.69) is 11.2 Å². The van der Waals surface area contributed by atoms with Crippen molar-refractivity contribution in [3.05, 3.63) is 29.8 Å². The molecule has 1 N–H and O–H groups in total. The SMILES string of the molecule is C#Cc1cccc(NC(=O)CC2CCCCCC2)c1. The zero-order valence-corrected chi connectivity index (χ0v) is 11.3. The molecule has 0 heterocycles. The molecule has 1 fully saturated rings. The summed E-state index contributed by atoms with van der Waals surface area (Å²) < 4.78 is 0. The molecule has 1 aliphatic rings. The standard InChI is InChI=1S/C17H21NO/c1-2-14-10-7-11-16(12-14)18-17(19)13-15-8-5-3-4-6-9-15/h1,7,10-12,15H,3-6,8-9,13H2,(H,18,19). The van der Waals surface area contributed by atoms with E-state index in [4.69, 9.17) is 6.42 Å². The summed E-state index contributed by atoms with van der Waals surface area (Å²) in [6.45, 7) is 0. The summed E-state index contributed by atoms with van der Waals surface area (Å²) in [5.41, 5.74) is 1.60. The Morgan fingerprint density at radius 2 is 2.00 bits per heavy atom. The Labute approximate surface area is 115 Å². The largest absolute Gasteiger partial charge is 0.326 e. The summed E-state index contributed by atoms with van der Waals surface area (Å²) in [7, 11) is 0. The van der Waals surface area contributed by atoms with E-state index in [1.54, 1.807) is 0 Å². The smallest absolute Gasteiger partial charge is 0.224 e. The quantitative estimate of drug-likeness (QED) is 0.642. The molecule has 0 bridgehead atoms. The third-order valence-electron chi connectivity index (χ3n) is 3.76. The summed E-state index contributed by atoms with van der Waals surface area (Å²) >= 11 is 0. The lowest BCUT2D eigenvalue weighted by molar-refractivity contribution is -0.117. The maximum Gasteiger partial charge on any atom is 0.224 e. The number of carbonyl (C=O) groups is 1. The van der Waals surface area contributed by atoms with Gasteiger partial charge in [0.05, 0.1) is 0 Å². The van der Waals surface area contributed by atoms with Crippen LogP contribution in [0.4, 0.5) is 5.69 Å². The molecule has 0 atom stereocenters. The van der Waals surface area contributed by atoms with Crippen molar-refractivity contribution in [3.8, 4) is 12.3 Å². The third kappa shape index (κ3) is 4.44. The predicted molar refractivity (Wildman–Crippen MR) is 78.8 cm³/mol. The molecule has 0 aliphatic heterocycles. The van der Waals surface area contributed by atoms with Crippen LogP contribution in [0.2, 0.25) is 0 Å². The summed E-state index contributed by atoms with van der Waals surface area (Å²) in [6, 6.07) is 7.45. The van der Waals surface area contributed by atoms with Crippen molar-refractivity contribution >= 4 is 11.6 Å². The van der Waals surface area contributed by atoms with Gasteiger partial charge in [-0.3, -0.25) is 4.79 Å². The highest BCUT2D eigenvalue weighted by Crippen LogP contribution is 2.25. The van der Waals surface area contributed by atoms with Gasteiger partial charge in [0.15, 0.2) is 0 Å². The number of rotatable bonds is 3. The van der Waals surface area contributed by atoms with Crippen LogP contribution < -0.4 is 5.32 Å². The number of hydrogen-bond acceptors (Lipinski definition) is 1. The average molecular weight is 255 g/mol. The monoisotopic (exact) mass is 255 g/mol. The zero-order chi connectivity index (χ0) is 13.5. The molecule has 1 amide bonds. The molecule has 2 rings (SSSR count). The fraction of sp³-hybridized carbons (Fsp3) is 0.471. The molecular weight excluding hydrogens is 234 g/mol.